The van der Waals surface area contributed by atoms with E-state index >= 15 is 0 Å². The van der Waals surface area contributed by atoms with Crippen LogP contribution in [-0.4, -0.2) is 19.1 Å². The van der Waals surface area contributed by atoms with E-state index in [4.69, 9.17) is 21.1 Å². The first-order chi connectivity index (χ1) is 10.5. The molecule has 0 amide bonds. The summed E-state index contributed by atoms with van der Waals surface area (Å²) in [7, 11) is 1.35. The Morgan fingerprint density at radius 1 is 1.09 bits per heavy atom. The number of nitrogens with one attached hydrogen (secondary N) is 1. The Bertz CT molecular complexity index is 664. The predicted molar refractivity (Wildman–Crippen MR) is 92.0 cm³/mol. The number of esters is 1. The number of rotatable bonds is 6. The molecule has 2 atom stereocenters. The smallest absolute Gasteiger partial charge is 0.322 e. The van der Waals surface area contributed by atoms with Crippen LogP contribution < -0.4 is 14.9 Å². The van der Waals surface area contributed by atoms with Crippen molar-refractivity contribution in [3.8, 4) is 5.75 Å². The fraction of sp³-hybridized carbons (Fsp3) is 0.188. The SMILES string of the molecule is COC(=O)[C@H](C)NP(=S)(Oc1ccccc1)c1ccccc1. The second-order valence-electron chi connectivity index (χ2n) is 4.67. The van der Waals surface area contributed by atoms with Crippen LogP contribution in [0, 0.1) is 0 Å². The topological polar surface area (TPSA) is 47.6 Å². The summed E-state index contributed by atoms with van der Waals surface area (Å²) in [6.45, 7) is 1.71. The first kappa shape index (κ1) is 16.7. The molecule has 0 saturated heterocycles. The van der Waals surface area contributed by atoms with Crippen molar-refractivity contribution in [3.63, 3.8) is 0 Å². The fourth-order valence-corrected chi connectivity index (χ4v) is 4.90. The van der Waals surface area contributed by atoms with Crippen LogP contribution in [0.4, 0.5) is 0 Å². The minimum atomic E-state index is -2.63. The maximum atomic E-state index is 11.7. The quantitative estimate of drug-likeness (QED) is 0.650. The summed E-state index contributed by atoms with van der Waals surface area (Å²) in [6.07, 6.45) is -2.63. The lowest BCUT2D eigenvalue weighted by molar-refractivity contribution is -0.142. The van der Waals surface area contributed by atoms with Gasteiger partial charge in [0.1, 0.15) is 11.8 Å². The Morgan fingerprint density at radius 3 is 2.18 bits per heavy atom. The van der Waals surface area contributed by atoms with Crippen LogP contribution in [0.15, 0.2) is 60.7 Å². The second kappa shape index (κ2) is 7.54. The van der Waals surface area contributed by atoms with Gasteiger partial charge in [-0.1, -0.05) is 36.4 Å². The third-order valence-corrected chi connectivity index (χ3v) is 6.34. The molecule has 22 heavy (non-hydrogen) atoms. The van der Waals surface area contributed by atoms with Crippen molar-refractivity contribution in [1.29, 1.82) is 0 Å². The van der Waals surface area contributed by atoms with Crippen LogP contribution in [0.3, 0.4) is 0 Å². The van der Waals surface area contributed by atoms with Crippen LogP contribution in [0.5, 0.6) is 5.75 Å². The number of hydrogen-bond donors (Lipinski definition) is 1. The molecule has 116 valence electrons. The monoisotopic (exact) mass is 335 g/mol. The van der Waals surface area contributed by atoms with Gasteiger partial charge in [0.25, 0.3) is 0 Å². The van der Waals surface area contributed by atoms with Gasteiger partial charge in [-0.3, -0.25) is 4.79 Å². The van der Waals surface area contributed by atoms with Crippen molar-refractivity contribution in [2.75, 3.05) is 7.11 Å². The van der Waals surface area contributed by atoms with Gasteiger partial charge in [0, 0.05) is 5.30 Å². The number of para-hydroxylation sites is 1. The van der Waals surface area contributed by atoms with E-state index in [1.807, 2.05) is 60.7 Å². The summed E-state index contributed by atoms with van der Waals surface area (Å²) < 4.78 is 10.8. The van der Waals surface area contributed by atoms with Gasteiger partial charge in [0.15, 0.2) is 0 Å². The minimum Gasteiger partial charge on any atom is -0.468 e. The molecule has 0 bridgehead atoms. The summed E-state index contributed by atoms with van der Waals surface area (Å²) >= 11 is 5.76. The van der Waals surface area contributed by atoms with E-state index in [-0.39, 0.29) is 5.97 Å². The van der Waals surface area contributed by atoms with E-state index in [9.17, 15) is 4.79 Å². The van der Waals surface area contributed by atoms with Crippen molar-refractivity contribution in [3.05, 3.63) is 60.7 Å². The first-order valence-corrected chi connectivity index (χ1v) is 9.53. The van der Waals surface area contributed by atoms with E-state index in [1.165, 1.54) is 7.11 Å². The zero-order valence-corrected chi connectivity index (χ0v) is 14.1. The lowest BCUT2D eigenvalue weighted by Crippen LogP contribution is -2.36. The van der Waals surface area contributed by atoms with Crippen LogP contribution in [0.1, 0.15) is 6.92 Å². The molecule has 0 aliphatic carbocycles. The standard InChI is InChI=1S/C16H18NO3PS/c1-13(16(18)19-2)17-21(22,15-11-7-4-8-12-15)20-14-9-5-3-6-10-14/h3-13H,1-2H3,(H,17,22)/t13-,21?/m0/s1. The van der Waals surface area contributed by atoms with Crippen LogP contribution >= 0.6 is 6.42 Å². The normalized spacial score (nSPS) is 14.6. The van der Waals surface area contributed by atoms with E-state index in [1.54, 1.807) is 6.92 Å². The molecule has 4 nitrogen and oxygen atoms in total. The number of benzene rings is 2. The summed E-state index contributed by atoms with van der Waals surface area (Å²) in [5.74, 6) is 0.293. The number of ether oxygens (including phenoxy) is 1. The first-order valence-electron chi connectivity index (χ1n) is 6.81. The van der Waals surface area contributed by atoms with Gasteiger partial charge >= 0.3 is 5.97 Å². The molecule has 0 aromatic heterocycles. The molecule has 2 aromatic rings. The summed E-state index contributed by atoms with van der Waals surface area (Å²) in [5, 5.41) is 3.99. The van der Waals surface area contributed by atoms with Crippen LogP contribution in [-0.2, 0) is 21.3 Å². The molecule has 0 spiro atoms. The summed E-state index contributed by atoms with van der Waals surface area (Å²) in [6, 6.07) is 18.3. The highest BCUT2D eigenvalue weighted by Crippen LogP contribution is 2.42. The van der Waals surface area contributed by atoms with Gasteiger partial charge in [0.2, 0.25) is 6.42 Å². The molecule has 2 aromatic carbocycles. The molecule has 0 fully saturated rings. The van der Waals surface area contributed by atoms with E-state index in [0.29, 0.717) is 5.75 Å². The van der Waals surface area contributed by atoms with E-state index in [2.05, 4.69) is 5.09 Å². The van der Waals surface area contributed by atoms with E-state index in [0.717, 1.165) is 5.30 Å². The summed E-state index contributed by atoms with van der Waals surface area (Å²) in [5.41, 5.74) is 0. The van der Waals surface area contributed by atoms with Crippen molar-refractivity contribution >= 4 is 29.5 Å². The molecule has 1 N–H and O–H groups in total. The Balaban J connectivity index is 2.32. The van der Waals surface area contributed by atoms with E-state index < -0.39 is 12.5 Å². The van der Waals surface area contributed by atoms with Crippen LogP contribution in [0.25, 0.3) is 0 Å². The lowest BCUT2D eigenvalue weighted by Gasteiger charge is -2.27. The number of methoxy groups -OCH3 is 1. The van der Waals surface area contributed by atoms with Crippen molar-refractivity contribution in [1.82, 2.24) is 5.09 Å². The average molecular weight is 335 g/mol. The third kappa shape index (κ3) is 4.17. The fourth-order valence-electron chi connectivity index (χ4n) is 1.89. The summed E-state index contributed by atoms with van der Waals surface area (Å²) in [4.78, 5) is 11.7. The molecule has 0 aliphatic rings. The zero-order chi connectivity index (χ0) is 16.0. The van der Waals surface area contributed by atoms with Crippen molar-refractivity contribution in [2.45, 2.75) is 13.0 Å². The molecule has 0 aliphatic heterocycles. The average Bonchev–Trinajstić information content (AvgIpc) is 2.55. The minimum absolute atomic E-state index is 0.373. The highest BCUT2D eigenvalue weighted by molar-refractivity contribution is 8.15. The highest BCUT2D eigenvalue weighted by atomic mass is 32.4. The van der Waals surface area contributed by atoms with Gasteiger partial charge < -0.3 is 9.26 Å². The van der Waals surface area contributed by atoms with Crippen molar-refractivity contribution in [2.24, 2.45) is 0 Å². The number of carbonyl (C=O) groups is 1. The van der Waals surface area contributed by atoms with Gasteiger partial charge in [-0.05, 0) is 43.0 Å². The van der Waals surface area contributed by atoms with Gasteiger partial charge in [-0.15, -0.1) is 0 Å². The van der Waals surface area contributed by atoms with Crippen LogP contribution in [0.2, 0.25) is 0 Å². The Hall–Kier alpha value is -1.68. The maximum absolute atomic E-state index is 11.7. The third-order valence-electron chi connectivity index (χ3n) is 2.99. The Labute approximate surface area is 135 Å². The van der Waals surface area contributed by atoms with Gasteiger partial charge in [-0.2, -0.15) is 0 Å². The van der Waals surface area contributed by atoms with Crippen molar-refractivity contribution < 1.29 is 14.1 Å². The molecule has 1 unspecified atom stereocenters. The number of hydrogen-bond acceptors (Lipinski definition) is 4. The lowest BCUT2D eigenvalue weighted by atomic mass is 10.3. The molecule has 0 heterocycles. The van der Waals surface area contributed by atoms with Gasteiger partial charge in [-0.25, -0.2) is 5.09 Å². The number of carbonyl (C=O) groups excluding carboxylic acids is 1. The molecule has 6 heteroatoms. The molecular formula is C16H18NO3PS. The Morgan fingerprint density at radius 2 is 1.64 bits per heavy atom. The molecular weight excluding hydrogens is 317 g/mol. The zero-order valence-electron chi connectivity index (χ0n) is 12.4. The largest absolute Gasteiger partial charge is 0.468 e. The highest BCUT2D eigenvalue weighted by Gasteiger charge is 2.27. The Kier molecular flexibility index (Phi) is 5.72. The predicted octanol–water partition coefficient (Wildman–Crippen LogP) is 2.85. The molecule has 0 radical (unpaired) electrons. The molecule has 2 rings (SSSR count). The molecule has 0 saturated carbocycles. The second-order valence-corrected chi connectivity index (χ2v) is 8.27. The van der Waals surface area contributed by atoms with Gasteiger partial charge in [0.05, 0.1) is 7.11 Å². The maximum Gasteiger partial charge on any atom is 0.322 e.